The summed E-state index contributed by atoms with van der Waals surface area (Å²) in [6.07, 6.45) is 2.70. The molecule has 8 heteroatoms. The highest BCUT2D eigenvalue weighted by molar-refractivity contribution is 5.95. The Morgan fingerprint density at radius 1 is 1.10 bits per heavy atom. The third-order valence-electron chi connectivity index (χ3n) is 6.72. The molecule has 3 aliphatic rings. The van der Waals surface area contributed by atoms with Gasteiger partial charge in [0.1, 0.15) is 5.82 Å². The molecule has 8 nitrogen and oxygen atoms in total. The van der Waals surface area contributed by atoms with Gasteiger partial charge in [0.2, 0.25) is 5.91 Å². The molecule has 164 valence electrons. The normalized spacial score (nSPS) is 22.7. The maximum atomic E-state index is 12.7. The molecule has 1 aromatic rings. The van der Waals surface area contributed by atoms with Crippen LogP contribution in [0.2, 0.25) is 0 Å². The minimum atomic E-state index is -0.861. The zero-order chi connectivity index (χ0) is 21.6. The molecule has 3 aliphatic heterocycles. The zero-order valence-corrected chi connectivity index (χ0v) is 18.1. The van der Waals surface area contributed by atoms with Gasteiger partial charge in [-0.3, -0.25) is 19.1 Å². The number of hydrogen-bond donors (Lipinski definition) is 1. The Hall–Kier alpha value is -2.35. The predicted molar refractivity (Wildman–Crippen MR) is 114 cm³/mol. The average Bonchev–Trinajstić information content (AvgIpc) is 2.67. The molecule has 4 rings (SSSR count). The Bertz CT molecular complexity index is 895. The van der Waals surface area contributed by atoms with Gasteiger partial charge in [-0.2, -0.15) is 0 Å². The number of amides is 2. The van der Waals surface area contributed by atoms with E-state index in [1.807, 2.05) is 31.4 Å². The van der Waals surface area contributed by atoms with Crippen molar-refractivity contribution >= 4 is 17.8 Å². The molecule has 0 saturated carbocycles. The molecule has 1 N–H and O–H groups in total. The van der Waals surface area contributed by atoms with Crippen molar-refractivity contribution < 1.29 is 14.7 Å². The molecule has 1 fully saturated rings. The zero-order valence-electron chi connectivity index (χ0n) is 18.1. The van der Waals surface area contributed by atoms with Crippen LogP contribution in [0.1, 0.15) is 58.1 Å². The molecule has 1 atom stereocenters. The number of rotatable bonds is 3. The van der Waals surface area contributed by atoms with Crippen molar-refractivity contribution in [1.29, 1.82) is 0 Å². The molecule has 0 radical (unpaired) electrons. The van der Waals surface area contributed by atoms with Gasteiger partial charge in [0.25, 0.3) is 5.56 Å². The van der Waals surface area contributed by atoms with E-state index in [1.165, 1.54) is 0 Å². The van der Waals surface area contributed by atoms with Gasteiger partial charge >= 0.3 is 6.09 Å². The van der Waals surface area contributed by atoms with Gasteiger partial charge in [-0.25, -0.2) is 4.79 Å². The lowest BCUT2D eigenvalue weighted by Gasteiger charge is -2.45. The van der Waals surface area contributed by atoms with Gasteiger partial charge in [0, 0.05) is 50.2 Å². The van der Waals surface area contributed by atoms with E-state index in [0.717, 1.165) is 50.3 Å². The number of carbonyl (C=O) groups is 2. The first-order valence-electron chi connectivity index (χ1n) is 11.0. The second-order valence-electron chi connectivity index (χ2n) is 9.73. The number of carboxylic acid groups (broad SMARTS) is 1. The summed E-state index contributed by atoms with van der Waals surface area (Å²) in [4.78, 5) is 42.6. The number of piperidine rings is 1. The van der Waals surface area contributed by atoms with Crippen LogP contribution in [0.3, 0.4) is 0 Å². The first kappa shape index (κ1) is 20.9. The quantitative estimate of drug-likeness (QED) is 0.817. The minimum absolute atomic E-state index is 0.0189. The average molecular weight is 417 g/mol. The van der Waals surface area contributed by atoms with Crippen molar-refractivity contribution in [2.45, 2.75) is 70.5 Å². The van der Waals surface area contributed by atoms with Crippen LogP contribution in [-0.4, -0.2) is 69.2 Å². The van der Waals surface area contributed by atoms with Crippen molar-refractivity contribution in [3.8, 4) is 0 Å². The molecule has 1 aromatic heterocycles. The number of pyridine rings is 1. The molecule has 30 heavy (non-hydrogen) atoms. The number of hydrogen-bond acceptors (Lipinski definition) is 4. The standard InChI is InChI=1S/C22H32N4O4/c1-22(2,3)26(21(29)30)16-8-11-23(12-9-16)14-17-10-13-24-18(27)6-4-15-5-7-19(28)25(17)20(15)24/h5,7,16-17H,4,6,8-14H2,1-3H3,(H,29,30). The lowest BCUT2D eigenvalue weighted by Crippen LogP contribution is -2.55. The van der Waals surface area contributed by atoms with Crippen LogP contribution in [0.4, 0.5) is 10.6 Å². The van der Waals surface area contributed by atoms with E-state index in [2.05, 4.69) is 4.90 Å². The highest BCUT2D eigenvalue weighted by atomic mass is 16.4. The van der Waals surface area contributed by atoms with Crippen LogP contribution < -0.4 is 10.5 Å². The Morgan fingerprint density at radius 2 is 1.80 bits per heavy atom. The van der Waals surface area contributed by atoms with Crippen molar-refractivity contribution in [1.82, 2.24) is 14.4 Å². The summed E-state index contributed by atoms with van der Waals surface area (Å²) in [5.74, 6) is 0.909. The number of carbonyl (C=O) groups excluding carboxylic acids is 1. The summed E-state index contributed by atoms with van der Waals surface area (Å²) in [6, 6.07) is 3.56. The van der Waals surface area contributed by atoms with Gasteiger partial charge in [0.05, 0.1) is 6.04 Å². The van der Waals surface area contributed by atoms with Crippen molar-refractivity contribution in [3.05, 3.63) is 28.0 Å². The predicted octanol–water partition coefficient (Wildman–Crippen LogP) is 2.32. The largest absolute Gasteiger partial charge is 0.465 e. The Balaban J connectivity index is 1.48. The number of aryl methyl sites for hydroxylation is 1. The van der Waals surface area contributed by atoms with Gasteiger partial charge < -0.3 is 14.9 Å². The summed E-state index contributed by atoms with van der Waals surface area (Å²) < 4.78 is 1.83. The first-order chi connectivity index (χ1) is 14.2. The summed E-state index contributed by atoms with van der Waals surface area (Å²) in [6.45, 7) is 8.86. The minimum Gasteiger partial charge on any atom is -0.465 e. The monoisotopic (exact) mass is 416 g/mol. The second-order valence-corrected chi connectivity index (χ2v) is 9.73. The molecule has 1 saturated heterocycles. The maximum absolute atomic E-state index is 12.7. The molecular weight excluding hydrogens is 384 g/mol. The third-order valence-corrected chi connectivity index (χ3v) is 6.72. The van der Waals surface area contributed by atoms with E-state index in [0.29, 0.717) is 19.4 Å². The van der Waals surface area contributed by atoms with E-state index in [1.54, 1.807) is 15.9 Å². The number of nitrogens with zero attached hydrogens (tertiary/aromatic N) is 4. The van der Waals surface area contributed by atoms with Crippen molar-refractivity contribution in [2.24, 2.45) is 0 Å². The van der Waals surface area contributed by atoms with Crippen molar-refractivity contribution in [2.75, 3.05) is 31.1 Å². The summed E-state index contributed by atoms with van der Waals surface area (Å²) in [5, 5.41) is 9.67. The third kappa shape index (κ3) is 3.73. The lowest BCUT2D eigenvalue weighted by molar-refractivity contribution is -0.119. The fourth-order valence-corrected chi connectivity index (χ4v) is 5.39. The van der Waals surface area contributed by atoms with Crippen LogP contribution >= 0.6 is 0 Å². The van der Waals surface area contributed by atoms with Crippen LogP contribution in [0.5, 0.6) is 0 Å². The van der Waals surface area contributed by atoms with E-state index < -0.39 is 11.6 Å². The van der Waals surface area contributed by atoms with Crippen molar-refractivity contribution in [3.63, 3.8) is 0 Å². The van der Waals surface area contributed by atoms with Gasteiger partial charge in [-0.1, -0.05) is 0 Å². The first-order valence-corrected chi connectivity index (χ1v) is 11.0. The van der Waals surface area contributed by atoms with Gasteiger partial charge in [-0.05, 0) is 58.1 Å². The van der Waals surface area contributed by atoms with Crippen LogP contribution in [0, 0.1) is 0 Å². The fraction of sp³-hybridized carbons (Fsp3) is 0.682. The van der Waals surface area contributed by atoms with E-state index in [9.17, 15) is 19.5 Å². The molecular formula is C22H32N4O4. The number of likely N-dealkylation sites (tertiary alicyclic amines) is 1. The molecule has 2 amide bonds. The number of anilines is 1. The smallest absolute Gasteiger partial charge is 0.407 e. The Morgan fingerprint density at radius 3 is 2.43 bits per heavy atom. The van der Waals surface area contributed by atoms with E-state index in [-0.39, 0.29) is 23.6 Å². The van der Waals surface area contributed by atoms with E-state index in [4.69, 9.17) is 0 Å². The topological polar surface area (TPSA) is 86.1 Å². The number of aromatic nitrogens is 1. The fourth-order valence-electron chi connectivity index (χ4n) is 5.39. The Labute approximate surface area is 177 Å². The summed E-state index contributed by atoms with van der Waals surface area (Å²) in [5.41, 5.74) is 0.617. The van der Waals surface area contributed by atoms with E-state index >= 15 is 0 Å². The Kier molecular flexibility index (Phi) is 5.38. The molecule has 0 aliphatic carbocycles. The van der Waals surface area contributed by atoms with Crippen LogP contribution in [-0.2, 0) is 11.2 Å². The molecule has 1 unspecified atom stereocenters. The summed E-state index contributed by atoms with van der Waals surface area (Å²) >= 11 is 0. The van der Waals surface area contributed by atoms with Gasteiger partial charge in [0.15, 0.2) is 0 Å². The van der Waals surface area contributed by atoms with Crippen LogP contribution in [0.15, 0.2) is 16.9 Å². The molecule has 0 bridgehead atoms. The maximum Gasteiger partial charge on any atom is 0.407 e. The highest BCUT2D eigenvalue weighted by Crippen LogP contribution is 2.35. The highest BCUT2D eigenvalue weighted by Gasteiger charge is 2.37. The summed E-state index contributed by atoms with van der Waals surface area (Å²) in [7, 11) is 0. The molecule has 4 heterocycles. The SMILES string of the molecule is CC(C)(C)N(C(=O)O)C1CCN(CC2CCN3C(=O)CCc4ccc(=O)n2c43)CC1. The second kappa shape index (κ2) is 7.72. The molecule has 0 aromatic carbocycles. The lowest BCUT2D eigenvalue weighted by atomic mass is 9.96. The molecule has 0 spiro atoms. The van der Waals surface area contributed by atoms with Gasteiger partial charge in [-0.15, -0.1) is 0 Å². The van der Waals surface area contributed by atoms with Crippen LogP contribution in [0.25, 0.3) is 0 Å².